The summed E-state index contributed by atoms with van der Waals surface area (Å²) in [5.41, 5.74) is 1.95. The van der Waals surface area contributed by atoms with E-state index in [2.05, 4.69) is 37.8 Å². The molecule has 0 aliphatic carbocycles. The Balaban J connectivity index is 1.47. The maximum atomic E-state index is 12.6. The predicted molar refractivity (Wildman–Crippen MR) is 98.8 cm³/mol. The summed E-state index contributed by atoms with van der Waals surface area (Å²) in [6, 6.07) is 10.0. The number of amides is 1. The third kappa shape index (κ3) is 3.24. The minimum atomic E-state index is -0.00918. The first-order chi connectivity index (χ1) is 12.2. The number of nitrogens with zero attached hydrogens (tertiary/aromatic N) is 4. The second-order valence-electron chi connectivity index (χ2n) is 6.44. The van der Waals surface area contributed by atoms with Crippen LogP contribution in [0.2, 0.25) is 0 Å². The lowest BCUT2D eigenvalue weighted by Gasteiger charge is -2.32. The van der Waals surface area contributed by atoms with Crippen molar-refractivity contribution < 1.29 is 4.79 Å². The lowest BCUT2D eigenvalue weighted by atomic mass is 9.97. The number of rotatable bonds is 4. The summed E-state index contributed by atoms with van der Waals surface area (Å²) in [4.78, 5) is 15.9. The van der Waals surface area contributed by atoms with E-state index in [1.54, 1.807) is 11.3 Å². The van der Waals surface area contributed by atoms with Gasteiger partial charge in [-0.05, 0) is 43.3 Å². The quantitative estimate of drug-likeness (QED) is 0.781. The Hall–Kier alpha value is -2.41. The number of carbonyl (C=O) groups is 1. The number of nitrogens with one attached hydrogen (secondary N) is 1. The monoisotopic (exact) mass is 355 g/mol. The van der Waals surface area contributed by atoms with Gasteiger partial charge >= 0.3 is 0 Å². The zero-order valence-electron chi connectivity index (χ0n) is 14.2. The standard InChI is InChI=1S/C18H21N5OS/c1-13-5-2-8-16-20-21-18(23(13)16)22-9-3-6-14(12-22)17(24)19-11-15-7-4-10-25-15/h2,4-5,7-8,10,14H,3,6,9,11-12H2,1H3,(H,19,24). The van der Waals surface area contributed by atoms with Crippen LogP contribution >= 0.6 is 11.3 Å². The molecule has 4 heterocycles. The lowest BCUT2D eigenvalue weighted by molar-refractivity contribution is -0.125. The Morgan fingerprint density at radius 2 is 2.24 bits per heavy atom. The van der Waals surface area contributed by atoms with Gasteiger partial charge < -0.3 is 10.2 Å². The first-order valence-corrected chi connectivity index (χ1v) is 9.46. The van der Waals surface area contributed by atoms with Crippen molar-refractivity contribution >= 4 is 28.8 Å². The van der Waals surface area contributed by atoms with Gasteiger partial charge in [-0.15, -0.1) is 21.5 Å². The van der Waals surface area contributed by atoms with Gasteiger partial charge in [0, 0.05) is 23.7 Å². The third-order valence-corrected chi connectivity index (χ3v) is 5.57. The number of aromatic nitrogens is 3. The molecule has 0 saturated carbocycles. The minimum Gasteiger partial charge on any atom is -0.351 e. The maximum Gasteiger partial charge on any atom is 0.231 e. The lowest BCUT2D eigenvalue weighted by Crippen LogP contribution is -2.43. The number of pyridine rings is 1. The second kappa shape index (κ2) is 6.84. The summed E-state index contributed by atoms with van der Waals surface area (Å²) in [6.45, 7) is 4.25. The van der Waals surface area contributed by atoms with Crippen LogP contribution < -0.4 is 10.2 Å². The fraction of sp³-hybridized carbons (Fsp3) is 0.389. The average molecular weight is 355 g/mol. The largest absolute Gasteiger partial charge is 0.351 e. The normalized spacial score (nSPS) is 17.8. The first kappa shape index (κ1) is 16.1. The molecule has 1 fully saturated rings. The second-order valence-corrected chi connectivity index (χ2v) is 7.48. The van der Waals surface area contributed by atoms with E-state index in [1.807, 2.05) is 29.6 Å². The van der Waals surface area contributed by atoms with Gasteiger partial charge in [-0.3, -0.25) is 9.20 Å². The molecule has 0 bridgehead atoms. The molecule has 7 heteroatoms. The number of piperidine rings is 1. The summed E-state index contributed by atoms with van der Waals surface area (Å²) in [7, 11) is 0. The SMILES string of the molecule is Cc1cccc2nnc(N3CCCC(C(=O)NCc4cccs4)C3)n12. The molecule has 1 saturated heterocycles. The molecule has 3 aromatic rings. The number of fused-ring (bicyclic) bond motifs is 1. The smallest absolute Gasteiger partial charge is 0.231 e. The maximum absolute atomic E-state index is 12.6. The molecule has 1 unspecified atom stereocenters. The van der Waals surface area contributed by atoms with Gasteiger partial charge in [0.25, 0.3) is 0 Å². The van der Waals surface area contributed by atoms with Crippen LogP contribution in [0.15, 0.2) is 35.7 Å². The Labute approximate surface area is 150 Å². The highest BCUT2D eigenvalue weighted by molar-refractivity contribution is 7.09. The Kier molecular flexibility index (Phi) is 4.40. The number of thiophene rings is 1. The van der Waals surface area contributed by atoms with Crippen LogP contribution in [0.4, 0.5) is 5.95 Å². The van der Waals surface area contributed by atoms with Crippen molar-refractivity contribution in [3.63, 3.8) is 0 Å². The van der Waals surface area contributed by atoms with Crippen molar-refractivity contribution in [1.82, 2.24) is 19.9 Å². The number of carbonyl (C=O) groups excluding carboxylic acids is 1. The molecule has 0 radical (unpaired) electrons. The molecule has 6 nitrogen and oxygen atoms in total. The Morgan fingerprint density at radius 3 is 3.08 bits per heavy atom. The van der Waals surface area contributed by atoms with E-state index in [0.29, 0.717) is 13.1 Å². The van der Waals surface area contributed by atoms with E-state index >= 15 is 0 Å². The topological polar surface area (TPSA) is 62.5 Å². The molecule has 3 aromatic heterocycles. The Bertz CT molecular complexity index is 873. The van der Waals surface area contributed by atoms with Gasteiger partial charge in [-0.25, -0.2) is 0 Å². The van der Waals surface area contributed by atoms with Crippen LogP contribution in [-0.4, -0.2) is 33.6 Å². The summed E-state index contributed by atoms with van der Waals surface area (Å²) >= 11 is 1.67. The van der Waals surface area contributed by atoms with E-state index in [0.717, 1.165) is 36.7 Å². The van der Waals surface area contributed by atoms with E-state index in [9.17, 15) is 4.79 Å². The molecule has 25 heavy (non-hydrogen) atoms. The number of aryl methyl sites for hydroxylation is 1. The molecular weight excluding hydrogens is 334 g/mol. The van der Waals surface area contributed by atoms with Crippen molar-refractivity contribution in [3.05, 3.63) is 46.3 Å². The molecule has 1 amide bonds. The Morgan fingerprint density at radius 1 is 1.32 bits per heavy atom. The highest BCUT2D eigenvalue weighted by Crippen LogP contribution is 2.23. The first-order valence-electron chi connectivity index (χ1n) is 8.58. The van der Waals surface area contributed by atoms with Gasteiger partial charge in [-0.1, -0.05) is 12.1 Å². The molecule has 1 atom stereocenters. The van der Waals surface area contributed by atoms with Crippen molar-refractivity contribution in [1.29, 1.82) is 0 Å². The predicted octanol–water partition coefficient (Wildman–Crippen LogP) is 2.63. The molecule has 130 valence electrons. The van der Waals surface area contributed by atoms with Crippen LogP contribution in [-0.2, 0) is 11.3 Å². The van der Waals surface area contributed by atoms with Gasteiger partial charge in [0.05, 0.1) is 12.5 Å². The van der Waals surface area contributed by atoms with Crippen molar-refractivity contribution in [3.8, 4) is 0 Å². The van der Waals surface area contributed by atoms with Crippen LogP contribution in [0.3, 0.4) is 0 Å². The fourth-order valence-electron chi connectivity index (χ4n) is 3.39. The number of hydrogen-bond acceptors (Lipinski definition) is 5. The van der Waals surface area contributed by atoms with E-state index in [-0.39, 0.29) is 11.8 Å². The van der Waals surface area contributed by atoms with E-state index in [4.69, 9.17) is 0 Å². The molecule has 1 aliphatic heterocycles. The van der Waals surface area contributed by atoms with Gasteiger partial charge in [0.2, 0.25) is 11.9 Å². The third-order valence-electron chi connectivity index (χ3n) is 4.70. The van der Waals surface area contributed by atoms with Crippen molar-refractivity contribution in [2.45, 2.75) is 26.3 Å². The molecule has 1 N–H and O–H groups in total. The molecule has 1 aliphatic rings. The average Bonchev–Trinajstić information content (AvgIpc) is 3.30. The van der Waals surface area contributed by atoms with E-state index in [1.165, 1.54) is 4.88 Å². The summed E-state index contributed by atoms with van der Waals surface area (Å²) < 4.78 is 2.06. The molecular formula is C18H21N5OS. The zero-order chi connectivity index (χ0) is 17.2. The summed E-state index contributed by atoms with van der Waals surface area (Å²) in [5.74, 6) is 0.956. The summed E-state index contributed by atoms with van der Waals surface area (Å²) in [5, 5.41) is 13.7. The highest BCUT2D eigenvalue weighted by atomic mass is 32.1. The van der Waals surface area contributed by atoms with Crippen LogP contribution in [0, 0.1) is 12.8 Å². The fourth-order valence-corrected chi connectivity index (χ4v) is 4.04. The van der Waals surface area contributed by atoms with Gasteiger partial charge in [-0.2, -0.15) is 0 Å². The molecule has 4 rings (SSSR count). The number of anilines is 1. The zero-order valence-corrected chi connectivity index (χ0v) is 15.0. The van der Waals surface area contributed by atoms with Crippen LogP contribution in [0.25, 0.3) is 5.65 Å². The summed E-state index contributed by atoms with van der Waals surface area (Å²) in [6.07, 6.45) is 1.90. The van der Waals surface area contributed by atoms with Crippen molar-refractivity contribution in [2.75, 3.05) is 18.0 Å². The number of hydrogen-bond donors (Lipinski definition) is 1. The molecule has 0 aromatic carbocycles. The van der Waals surface area contributed by atoms with E-state index < -0.39 is 0 Å². The van der Waals surface area contributed by atoms with Gasteiger partial charge in [0.1, 0.15) is 0 Å². The highest BCUT2D eigenvalue weighted by Gasteiger charge is 2.28. The van der Waals surface area contributed by atoms with Gasteiger partial charge in [0.15, 0.2) is 5.65 Å². The van der Waals surface area contributed by atoms with Crippen LogP contribution in [0.1, 0.15) is 23.4 Å². The molecule has 0 spiro atoms. The van der Waals surface area contributed by atoms with Crippen LogP contribution in [0.5, 0.6) is 0 Å². The minimum absolute atomic E-state index is 0.00918. The van der Waals surface area contributed by atoms with Crippen molar-refractivity contribution in [2.24, 2.45) is 5.92 Å².